The van der Waals surface area contributed by atoms with Crippen molar-refractivity contribution in [3.05, 3.63) is 28.1 Å². The molecule has 0 aliphatic heterocycles. The van der Waals surface area contributed by atoms with Gasteiger partial charge in [-0.25, -0.2) is 0 Å². The number of carbonyl (C=O) groups excluding carboxylic acids is 1. The first kappa shape index (κ1) is 14.3. The number of allylic oxidation sites excluding steroid dienone is 2. The smallest absolute Gasteiger partial charge is 0.161 e. The van der Waals surface area contributed by atoms with E-state index in [0.717, 1.165) is 30.7 Å². The monoisotopic (exact) mass is 280 g/mol. The van der Waals surface area contributed by atoms with Gasteiger partial charge in [0.2, 0.25) is 0 Å². The summed E-state index contributed by atoms with van der Waals surface area (Å²) in [5, 5.41) is 4.99. The minimum atomic E-state index is 0.143. The van der Waals surface area contributed by atoms with Crippen LogP contribution in [0.15, 0.2) is 11.6 Å². The summed E-state index contributed by atoms with van der Waals surface area (Å²) in [5.41, 5.74) is 3.00. The maximum Gasteiger partial charge on any atom is 0.161 e. The number of aryl methyl sites for hydroxylation is 2. The van der Waals surface area contributed by atoms with Crippen molar-refractivity contribution in [1.29, 1.82) is 0 Å². The third-order valence-corrected chi connectivity index (χ3v) is 4.14. The van der Waals surface area contributed by atoms with E-state index in [1.54, 1.807) is 4.68 Å². The topological polar surface area (TPSA) is 34.9 Å². The molecule has 1 aliphatic carbocycles. The second kappa shape index (κ2) is 6.38. The summed E-state index contributed by atoms with van der Waals surface area (Å²) < 4.78 is 1.73. The van der Waals surface area contributed by atoms with Crippen LogP contribution in [0.4, 0.5) is 0 Å². The van der Waals surface area contributed by atoms with Gasteiger partial charge in [-0.3, -0.25) is 9.48 Å². The van der Waals surface area contributed by atoms with Gasteiger partial charge in [-0.15, -0.1) is 0 Å². The number of aromatic nitrogens is 2. The lowest BCUT2D eigenvalue weighted by Gasteiger charge is -2.12. The average Bonchev–Trinajstić information content (AvgIpc) is 2.67. The van der Waals surface area contributed by atoms with Gasteiger partial charge in [0.05, 0.1) is 22.8 Å². The summed E-state index contributed by atoms with van der Waals surface area (Å²) in [7, 11) is 1.85. The predicted octanol–water partition coefficient (Wildman–Crippen LogP) is 3.64. The van der Waals surface area contributed by atoms with Gasteiger partial charge < -0.3 is 0 Å². The molecule has 1 heterocycles. The molecule has 0 radical (unpaired) electrons. The highest BCUT2D eigenvalue weighted by molar-refractivity contribution is 6.32. The second-order valence-corrected chi connectivity index (χ2v) is 5.57. The SMILES string of the molecule is CCc1nn(C)c(CC(=O)C=C2CCCCC2)c1Cl. The standard InChI is InChI=1S/C15H21ClN2O/c1-3-13-15(16)14(18(2)17-13)10-12(19)9-11-7-5-4-6-8-11/h9H,3-8,10H2,1-2H3. The number of hydrogen-bond acceptors (Lipinski definition) is 2. The van der Waals surface area contributed by atoms with Gasteiger partial charge >= 0.3 is 0 Å². The molecule has 0 unspecified atom stereocenters. The fraction of sp³-hybridized carbons (Fsp3) is 0.600. The van der Waals surface area contributed by atoms with Crippen LogP contribution in [0.1, 0.15) is 50.4 Å². The van der Waals surface area contributed by atoms with Gasteiger partial charge in [-0.2, -0.15) is 5.10 Å². The van der Waals surface area contributed by atoms with Crippen LogP contribution in [0.3, 0.4) is 0 Å². The Morgan fingerprint density at radius 2 is 2.05 bits per heavy atom. The lowest BCUT2D eigenvalue weighted by Crippen LogP contribution is -2.07. The van der Waals surface area contributed by atoms with Crippen LogP contribution in [0.25, 0.3) is 0 Å². The average molecular weight is 281 g/mol. The molecule has 0 amide bonds. The zero-order chi connectivity index (χ0) is 13.8. The van der Waals surface area contributed by atoms with Gasteiger partial charge in [0, 0.05) is 7.05 Å². The number of rotatable bonds is 4. The Bertz CT molecular complexity index is 494. The quantitative estimate of drug-likeness (QED) is 0.789. The largest absolute Gasteiger partial charge is 0.294 e. The summed E-state index contributed by atoms with van der Waals surface area (Å²) in [5.74, 6) is 0.143. The fourth-order valence-electron chi connectivity index (χ4n) is 2.61. The first-order valence-electron chi connectivity index (χ1n) is 7.04. The van der Waals surface area contributed by atoms with Gasteiger partial charge in [-0.1, -0.05) is 30.5 Å². The van der Waals surface area contributed by atoms with Gasteiger partial charge in [-0.05, 0) is 38.2 Å². The molecule has 104 valence electrons. The van der Waals surface area contributed by atoms with Crippen LogP contribution in [0.2, 0.25) is 5.02 Å². The summed E-state index contributed by atoms with van der Waals surface area (Å²) >= 11 is 6.26. The fourth-order valence-corrected chi connectivity index (χ4v) is 2.97. The molecule has 4 heteroatoms. The number of ketones is 1. The van der Waals surface area contributed by atoms with E-state index in [1.807, 2.05) is 20.0 Å². The molecule has 19 heavy (non-hydrogen) atoms. The van der Waals surface area contributed by atoms with Crippen molar-refractivity contribution in [2.24, 2.45) is 7.05 Å². The summed E-state index contributed by atoms with van der Waals surface area (Å²) in [6, 6.07) is 0. The van der Waals surface area contributed by atoms with Crippen molar-refractivity contribution in [1.82, 2.24) is 9.78 Å². The highest BCUT2D eigenvalue weighted by Crippen LogP contribution is 2.24. The summed E-state index contributed by atoms with van der Waals surface area (Å²) in [6.07, 6.45) is 8.84. The molecule has 1 saturated carbocycles. The third kappa shape index (κ3) is 3.47. The minimum Gasteiger partial charge on any atom is -0.294 e. The van der Waals surface area contributed by atoms with E-state index in [9.17, 15) is 4.79 Å². The molecule has 2 rings (SSSR count). The Kier molecular flexibility index (Phi) is 4.81. The number of nitrogens with zero attached hydrogens (tertiary/aromatic N) is 2. The summed E-state index contributed by atoms with van der Waals surface area (Å²) in [4.78, 5) is 12.1. The third-order valence-electron chi connectivity index (χ3n) is 3.71. The Balaban J connectivity index is 2.08. The Morgan fingerprint density at radius 1 is 1.37 bits per heavy atom. The lowest BCUT2D eigenvalue weighted by molar-refractivity contribution is -0.114. The molecule has 1 aliphatic rings. The normalized spacial score (nSPS) is 15.6. The van der Waals surface area contributed by atoms with E-state index in [-0.39, 0.29) is 5.78 Å². The number of halogens is 1. The highest BCUT2D eigenvalue weighted by Gasteiger charge is 2.16. The Labute approximate surface area is 119 Å². The van der Waals surface area contributed by atoms with Crippen LogP contribution in [-0.4, -0.2) is 15.6 Å². The Hall–Kier alpha value is -1.09. The molecule has 0 N–H and O–H groups in total. The zero-order valence-electron chi connectivity index (χ0n) is 11.7. The van der Waals surface area contributed by atoms with Crippen molar-refractivity contribution in [2.45, 2.75) is 51.9 Å². The molecule has 0 bridgehead atoms. The summed E-state index contributed by atoms with van der Waals surface area (Å²) in [6.45, 7) is 2.02. The molecule has 0 aromatic carbocycles. The molecule has 0 atom stereocenters. The van der Waals surface area contributed by atoms with E-state index >= 15 is 0 Å². The maximum absolute atomic E-state index is 12.1. The molecular weight excluding hydrogens is 260 g/mol. The van der Waals surface area contributed by atoms with Crippen molar-refractivity contribution in [3.63, 3.8) is 0 Å². The molecular formula is C15H21ClN2O. The van der Waals surface area contributed by atoms with E-state index in [1.165, 1.54) is 24.8 Å². The molecule has 1 aromatic heterocycles. The predicted molar refractivity (Wildman–Crippen MR) is 77.5 cm³/mol. The van der Waals surface area contributed by atoms with Crippen LogP contribution in [0, 0.1) is 0 Å². The van der Waals surface area contributed by atoms with Gasteiger partial charge in [0.1, 0.15) is 0 Å². The van der Waals surface area contributed by atoms with E-state index < -0.39 is 0 Å². The van der Waals surface area contributed by atoms with E-state index in [0.29, 0.717) is 11.4 Å². The van der Waals surface area contributed by atoms with Crippen molar-refractivity contribution in [2.75, 3.05) is 0 Å². The van der Waals surface area contributed by atoms with Crippen LogP contribution in [-0.2, 0) is 24.7 Å². The number of hydrogen-bond donors (Lipinski definition) is 0. The maximum atomic E-state index is 12.1. The van der Waals surface area contributed by atoms with Crippen LogP contribution < -0.4 is 0 Å². The van der Waals surface area contributed by atoms with Crippen molar-refractivity contribution in [3.8, 4) is 0 Å². The van der Waals surface area contributed by atoms with Crippen molar-refractivity contribution >= 4 is 17.4 Å². The molecule has 1 aromatic rings. The van der Waals surface area contributed by atoms with Gasteiger partial charge in [0.25, 0.3) is 0 Å². The molecule has 3 nitrogen and oxygen atoms in total. The number of carbonyl (C=O) groups is 1. The van der Waals surface area contributed by atoms with E-state index in [4.69, 9.17) is 11.6 Å². The van der Waals surface area contributed by atoms with Crippen LogP contribution in [0.5, 0.6) is 0 Å². The second-order valence-electron chi connectivity index (χ2n) is 5.19. The van der Waals surface area contributed by atoms with Crippen molar-refractivity contribution < 1.29 is 4.79 Å². The molecule has 1 fully saturated rings. The van der Waals surface area contributed by atoms with Gasteiger partial charge in [0.15, 0.2) is 5.78 Å². The first-order chi connectivity index (χ1) is 9.11. The van der Waals surface area contributed by atoms with Crippen LogP contribution >= 0.6 is 11.6 Å². The molecule has 0 spiro atoms. The first-order valence-corrected chi connectivity index (χ1v) is 7.42. The lowest BCUT2D eigenvalue weighted by atomic mass is 9.93. The minimum absolute atomic E-state index is 0.143. The van der Waals surface area contributed by atoms with E-state index in [2.05, 4.69) is 5.10 Å². The molecule has 0 saturated heterocycles. The zero-order valence-corrected chi connectivity index (χ0v) is 12.5. The highest BCUT2D eigenvalue weighted by atomic mass is 35.5. The Morgan fingerprint density at radius 3 is 2.63 bits per heavy atom.